The zero-order valence-electron chi connectivity index (χ0n) is 7.88. The van der Waals surface area contributed by atoms with Crippen LogP contribution in [0.2, 0.25) is 0 Å². The molecule has 1 saturated heterocycles. The summed E-state index contributed by atoms with van der Waals surface area (Å²) in [5.74, 6) is 0.750. The van der Waals surface area contributed by atoms with Crippen LogP contribution in [0.5, 0.6) is 0 Å². The average Bonchev–Trinajstić information content (AvgIpc) is 2.54. The van der Waals surface area contributed by atoms with Crippen LogP contribution in [-0.2, 0) is 9.53 Å². The first-order valence-corrected chi connectivity index (χ1v) is 5.13. The Hall–Kier alpha value is -0.630. The molecule has 3 aliphatic rings. The van der Waals surface area contributed by atoms with Gasteiger partial charge in [-0.3, -0.25) is 4.79 Å². The fraction of sp³-hybridized carbons (Fsp3) is 0.727. The van der Waals surface area contributed by atoms with Crippen molar-refractivity contribution < 1.29 is 9.53 Å². The van der Waals surface area contributed by atoms with E-state index in [4.69, 9.17) is 4.74 Å². The minimum Gasteiger partial charge on any atom is -0.359 e. The van der Waals surface area contributed by atoms with Gasteiger partial charge in [-0.1, -0.05) is 0 Å². The third-order valence-electron chi connectivity index (χ3n) is 3.90. The van der Waals surface area contributed by atoms with Crippen molar-refractivity contribution in [2.75, 3.05) is 0 Å². The molecule has 3 rings (SSSR count). The van der Waals surface area contributed by atoms with E-state index in [1.165, 1.54) is 6.42 Å². The van der Waals surface area contributed by atoms with E-state index in [2.05, 4.69) is 0 Å². The number of hydrogen-bond acceptors (Lipinski definition) is 2. The molecule has 2 heteroatoms. The van der Waals surface area contributed by atoms with Gasteiger partial charge in [0.05, 0.1) is 6.10 Å². The van der Waals surface area contributed by atoms with Crippen molar-refractivity contribution in [3.05, 3.63) is 11.6 Å². The fourth-order valence-corrected chi connectivity index (χ4v) is 3.16. The Kier molecular flexibility index (Phi) is 1.33. The summed E-state index contributed by atoms with van der Waals surface area (Å²) in [6.07, 6.45) is 6.45. The molecule has 2 heterocycles. The van der Waals surface area contributed by atoms with Crippen LogP contribution in [0.15, 0.2) is 11.6 Å². The van der Waals surface area contributed by atoms with Crippen LogP contribution in [0.3, 0.4) is 0 Å². The molecule has 3 unspecified atom stereocenters. The molecule has 0 amide bonds. The second-order valence-corrected chi connectivity index (χ2v) is 4.57. The molecule has 1 saturated carbocycles. The van der Waals surface area contributed by atoms with E-state index in [0.717, 1.165) is 24.8 Å². The Labute approximate surface area is 78.0 Å². The van der Waals surface area contributed by atoms with Gasteiger partial charge in [-0.25, -0.2) is 0 Å². The number of carbonyl (C=O) groups is 1. The van der Waals surface area contributed by atoms with E-state index in [0.29, 0.717) is 5.92 Å². The Morgan fingerprint density at radius 1 is 1.62 bits per heavy atom. The highest BCUT2D eigenvalue weighted by molar-refractivity contribution is 5.99. The summed E-state index contributed by atoms with van der Waals surface area (Å²) in [6, 6.07) is 0. The van der Waals surface area contributed by atoms with Gasteiger partial charge in [-0.05, 0) is 50.2 Å². The van der Waals surface area contributed by atoms with Gasteiger partial charge in [0.1, 0.15) is 5.60 Å². The Morgan fingerprint density at radius 2 is 2.46 bits per heavy atom. The SMILES string of the molecule is CC1=CC(=O)C23CCCC2CC1O3. The summed E-state index contributed by atoms with van der Waals surface area (Å²) in [7, 11) is 0. The van der Waals surface area contributed by atoms with E-state index in [1.54, 1.807) is 0 Å². The van der Waals surface area contributed by atoms with Crippen LogP contribution in [0.4, 0.5) is 0 Å². The first-order valence-electron chi connectivity index (χ1n) is 5.13. The summed E-state index contributed by atoms with van der Waals surface area (Å²) < 4.78 is 5.92. The van der Waals surface area contributed by atoms with Gasteiger partial charge < -0.3 is 4.74 Å². The topological polar surface area (TPSA) is 26.3 Å². The molecule has 1 aliphatic carbocycles. The van der Waals surface area contributed by atoms with E-state index >= 15 is 0 Å². The van der Waals surface area contributed by atoms with E-state index in [1.807, 2.05) is 13.0 Å². The summed E-state index contributed by atoms with van der Waals surface area (Å²) >= 11 is 0. The smallest absolute Gasteiger partial charge is 0.187 e. The average molecular weight is 178 g/mol. The van der Waals surface area contributed by atoms with Crippen molar-refractivity contribution in [3.8, 4) is 0 Å². The van der Waals surface area contributed by atoms with Crippen LogP contribution in [0.1, 0.15) is 32.6 Å². The normalized spacial score (nSPS) is 47.8. The number of rotatable bonds is 0. The summed E-state index contributed by atoms with van der Waals surface area (Å²) in [6.45, 7) is 2.01. The van der Waals surface area contributed by atoms with Crippen molar-refractivity contribution in [1.29, 1.82) is 0 Å². The molecule has 3 atom stereocenters. The number of ether oxygens (including phenoxy) is 1. The van der Waals surface area contributed by atoms with Crippen LogP contribution in [-0.4, -0.2) is 17.5 Å². The molecule has 13 heavy (non-hydrogen) atoms. The summed E-state index contributed by atoms with van der Waals surface area (Å²) in [5.41, 5.74) is 0.759. The third-order valence-corrected chi connectivity index (χ3v) is 3.90. The highest BCUT2D eigenvalue weighted by Gasteiger charge is 2.57. The fourth-order valence-electron chi connectivity index (χ4n) is 3.16. The van der Waals surface area contributed by atoms with Crippen LogP contribution < -0.4 is 0 Å². The molecular weight excluding hydrogens is 164 g/mol. The lowest BCUT2D eigenvalue weighted by Crippen LogP contribution is -2.42. The van der Waals surface area contributed by atoms with Crippen LogP contribution in [0.25, 0.3) is 0 Å². The molecule has 2 fully saturated rings. The molecule has 0 aromatic heterocycles. The van der Waals surface area contributed by atoms with E-state index < -0.39 is 0 Å². The van der Waals surface area contributed by atoms with Crippen LogP contribution >= 0.6 is 0 Å². The lowest BCUT2D eigenvalue weighted by atomic mass is 9.87. The predicted octanol–water partition coefficient (Wildman–Crippen LogP) is 1.84. The highest BCUT2D eigenvalue weighted by atomic mass is 16.5. The molecule has 0 aromatic rings. The zero-order valence-corrected chi connectivity index (χ0v) is 7.88. The van der Waals surface area contributed by atoms with Gasteiger partial charge in [-0.2, -0.15) is 0 Å². The zero-order chi connectivity index (χ0) is 9.05. The Morgan fingerprint density at radius 3 is 3.31 bits per heavy atom. The minimum atomic E-state index is -0.371. The molecule has 0 aromatic carbocycles. The lowest BCUT2D eigenvalue weighted by molar-refractivity contribution is -0.140. The Balaban J connectivity index is 2.09. The van der Waals surface area contributed by atoms with Gasteiger partial charge in [0.25, 0.3) is 0 Å². The van der Waals surface area contributed by atoms with Gasteiger partial charge in [0.15, 0.2) is 5.78 Å². The summed E-state index contributed by atoms with van der Waals surface area (Å²) in [5, 5.41) is 0. The van der Waals surface area contributed by atoms with Crippen LogP contribution in [0, 0.1) is 5.92 Å². The second-order valence-electron chi connectivity index (χ2n) is 4.57. The summed E-state index contributed by atoms with van der Waals surface area (Å²) in [4.78, 5) is 11.9. The number of hydrogen-bond donors (Lipinski definition) is 0. The molecule has 2 aliphatic heterocycles. The van der Waals surface area contributed by atoms with Gasteiger partial charge in [0.2, 0.25) is 0 Å². The van der Waals surface area contributed by atoms with Crippen molar-refractivity contribution in [2.45, 2.75) is 44.3 Å². The maximum absolute atomic E-state index is 11.9. The second kappa shape index (κ2) is 2.24. The Bertz CT molecular complexity index is 305. The molecule has 0 N–H and O–H groups in total. The maximum Gasteiger partial charge on any atom is 0.187 e. The van der Waals surface area contributed by atoms with Crippen molar-refractivity contribution in [3.63, 3.8) is 0 Å². The molecule has 70 valence electrons. The molecule has 2 nitrogen and oxygen atoms in total. The molecule has 2 bridgehead atoms. The number of carbonyl (C=O) groups excluding carboxylic acids is 1. The lowest BCUT2D eigenvalue weighted by Gasteiger charge is -2.29. The quantitative estimate of drug-likeness (QED) is 0.565. The van der Waals surface area contributed by atoms with E-state index in [9.17, 15) is 4.79 Å². The van der Waals surface area contributed by atoms with Gasteiger partial charge >= 0.3 is 0 Å². The van der Waals surface area contributed by atoms with Gasteiger partial charge in [-0.15, -0.1) is 0 Å². The van der Waals surface area contributed by atoms with Crippen molar-refractivity contribution >= 4 is 5.78 Å². The molecular formula is C11H14O2. The third kappa shape index (κ3) is 0.798. The predicted molar refractivity (Wildman–Crippen MR) is 48.3 cm³/mol. The van der Waals surface area contributed by atoms with Gasteiger partial charge in [0, 0.05) is 0 Å². The van der Waals surface area contributed by atoms with Crippen molar-refractivity contribution in [1.82, 2.24) is 0 Å². The standard InChI is InChI=1S/C11H14O2/c1-7-5-10(12)11-4-2-3-8(11)6-9(7)13-11/h5,8-9H,2-4,6H2,1H3. The number of ketones is 1. The highest BCUT2D eigenvalue weighted by Crippen LogP contribution is 2.52. The minimum absolute atomic E-state index is 0.237. The first-order chi connectivity index (χ1) is 6.22. The first kappa shape index (κ1) is 7.74. The molecule has 0 radical (unpaired) electrons. The monoisotopic (exact) mass is 178 g/mol. The maximum atomic E-state index is 11.9. The largest absolute Gasteiger partial charge is 0.359 e. The van der Waals surface area contributed by atoms with E-state index in [-0.39, 0.29) is 17.5 Å². The number of fused-ring (bicyclic) bond motifs is 1. The van der Waals surface area contributed by atoms with Crippen molar-refractivity contribution in [2.24, 2.45) is 5.92 Å². The molecule has 1 spiro atoms.